The van der Waals surface area contributed by atoms with Crippen LogP contribution in [0.3, 0.4) is 0 Å². The number of nitrogens with one attached hydrogen (secondary N) is 1. The summed E-state index contributed by atoms with van der Waals surface area (Å²) in [7, 11) is 1.69. The maximum Gasteiger partial charge on any atom is 0.0897 e. The molecule has 0 aromatic rings. The molecule has 0 spiro atoms. The van der Waals surface area contributed by atoms with E-state index in [0.29, 0.717) is 19.8 Å². The van der Waals surface area contributed by atoms with Crippen molar-refractivity contribution in [2.75, 3.05) is 33.4 Å². The fourth-order valence-electron chi connectivity index (χ4n) is 1.01. The van der Waals surface area contributed by atoms with E-state index >= 15 is 0 Å². The summed E-state index contributed by atoms with van der Waals surface area (Å²) >= 11 is 0. The Bertz CT molecular complexity index is 151. The zero-order valence-electron chi connectivity index (χ0n) is 10.4. The van der Waals surface area contributed by atoms with Gasteiger partial charge in [-0.05, 0) is 26.8 Å². The molecule has 15 heavy (non-hydrogen) atoms. The number of hydrogen-bond acceptors (Lipinski definition) is 4. The highest BCUT2D eigenvalue weighted by Crippen LogP contribution is 2.12. The van der Waals surface area contributed by atoms with Gasteiger partial charge in [0.15, 0.2) is 0 Å². The maximum atomic E-state index is 9.45. The van der Waals surface area contributed by atoms with Crippen molar-refractivity contribution in [3.8, 4) is 0 Å². The van der Waals surface area contributed by atoms with Gasteiger partial charge in [0.2, 0.25) is 0 Å². The third-order valence-corrected chi connectivity index (χ3v) is 2.34. The van der Waals surface area contributed by atoms with Crippen LogP contribution in [0, 0.1) is 0 Å². The Morgan fingerprint density at radius 2 is 2.07 bits per heavy atom. The number of hydrogen-bond donors (Lipinski definition) is 2. The fraction of sp³-hybridized carbons (Fsp3) is 1.00. The van der Waals surface area contributed by atoms with Crippen LogP contribution in [0.5, 0.6) is 0 Å². The lowest BCUT2D eigenvalue weighted by atomic mass is 10.1. The van der Waals surface area contributed by atoms with Crippen molar-refractivity contribution >= 4 is 0 Å². The van der Waals surface area contributed by atoms with E-state index in [0.717, 1.165) is 13.0 Å². The molecule has 0 heterocycles. The average molecular weight is 219 g/mol. The third kappa shape index (κ3) is 8.81. The molecule has 0 aliphatic rings. The van der Waals surface area contributed by atoms with Crippen molar-refractivity contribution in [1.82, 2.24) is 5.32 Å². The lowest BCUT2D eigenvalue weighted by Crippen LogP contribution is -2.31. The molecule has 0 rings (SSSR count). The lowest BCUT2D eigenvalue weighted by molar-refractivity contribution is -0.0241. The van der Waals surface area contributed by atoms with Gasteiger partial charge in [0.25, 0.3) is 0 Å². The number of aliphatic hydroxyl groups excluding tert-OH is 1. The number of likely N-dealkylation sites (N-methyl/N-ethyl adjacent to an activating group) is 1. The predicted molar refractivity (Wildman–Crippen MR) is 61.1 cm³/mol. The molecule has 0 saturated heterocycles. The molecule has 0 radical (unpaired) electrons. The second kappa shape index (κ2) is 8.05. The van der Waals surface area contributed by atoms with Gasteiger partial charge in [-0.1, -0.05) is 6.92 Å². The summed E-state index contributed by atoms with van der Waals surface area (Å²) in [5, 5.41) is 12.5. The predicted octanol–water partition coefficient (Wildman–Crippen LogP) is 0.788. The summed E-state index contributed by atoms with van der Waals surface area (Å²) in [6.45, 7) is 8.50. The first-order valence-corrected chi connectivity index (χ1v) is 5.53. The molecule has 0 aliphatic carbocycles. The standard InChI is InChI=1S/C11H25NO3/c1-5-12-8-10(13)9-15-7-6-11(2,3)14-4/h10,12-13H,5-9H2,1-4H3. The van der Waals surface area contributed by atoms with E-state index in [1.165, 1.54) is 0 Å². The van der Waals surface area contributed by atoms with Crippen molar-refractivity contribution in [3.63, 3.8) is 0 Å². The molecular formula is C11H25NO3. The molecule has 1 unspecified atom stereocenters. The topological polar surface area (TPSA) is 50.7 Å². The number of aliphatic hydroxyl groups is 1. The van der Waals surface area contributed by atoms with Gasteiger partial charge in [-0.25, -0.2) is 0 Å². The van der Waals surface area contributed by atoms with Crippen LogP contribution in [0.2, 0.25) is 0 Å². The molecule has 4 nitrogen and oxygen atoms in total. The fourth-order valence-corrected chi connectivity index (χ4v) is 1.01. The summed E-state index contributed by atoms with van der Waals surface area (Å²) < 4.78 is 10.6. The summed E-state index contributed by atoms with van der Waals surface area (Å²) in [5.74, 6) is 0. The summed E-state index contributed by atoms with van der Waals surface area (Å²) in [6, 6.07) is 0. The molecule has 0 aliphatic heterocycles. The number of methoxy groups -OCH3 is 1. The Kier molecular flexibility index (Phi) is 7.96. The zero-order valence-corrected chi connectivity index (χ0v) is 10.4. The quantitative estimate of drug-likeness (QED) is 0.563. The minimum atomic E-state index is -0.421. The van der Waals surface area contributed by atoms with E-state index in [9.17, 15) is 5.11 Å². The molecule has 0 aromatic carbocycles. The number of rotatable bonds is 9. The maximum absolute atomic E-state index is 9.45. The second-order valence-corrected chi connectivity index (χ2v) is 4.25. The van der Waals surface area contributed by atoms with Gasteiger partial charge in [-0.2, -0.15) is 0 Å². The van der Waals surface area contributed by atoms with E-state index in [4.69, 9.17) is 9.47 Å². The van der Waals surface area contributed by atoms with Crippen molar-refractivity contribution in [2.45, 2.75) is 38.9 Å². The van der Waals surface area contributed by atoms with Crippen LogP contribution in [0.15, 0.2) is 0 Å². The molecule has 0 saturated carbocycles. The average Bonchev–Trinajstić information content (AvgIpc) is 2.21. The van der Waals surface area contributed by atoms with Crippen LogP contribution in [0.4, 0.5) is 0 Å². The monoisotopic (exact) mass is 219 g/mol. The van der Waals surface area contributed by atoms with E-state index < -0.39 is 6.10 Å². The summed E-state index contributed by atoms with van der Waals surface area (Å²) in [4.78, 5) is 0. The van der Waals surface area contributed by atoms with Gasteiger partial charge in [-0.3, -0.25) is 0 Å². The first-order chi connectivity index (χ1) is 7.02. The third-order valence-electron chi connectivity index (χ3n) is 2.34. The highest BCUT2D eigenvalue weighted by molar-refractivity contribution is 4.67. The highest BCUT2D eigenvalue weighted by atomic mass is 16.5. The van der Waals surface area contributed by atoms with Crippen molar-refractivity contribution in [2.24, 2.45) is 0 Å². The normalized spacial score (nSPS) is 14.2. The van der Waals surface area contributed by atoms with Crippen LogP contribution >= 0.6 is 0 Å². The second-order valence-electron chi connectivity index (χ2n) is 4.25. The van der Waals surface area contributed by atoms with Gasteiger partial charge < -0.3 is 19.9 Å². The Morgan fingerprint density at radius 3 is 2.60 bits per heavy atom. The molecule has 1 atom stereocenters. The van der Waals surface area contributed by atoms with Crippen molar-refractivity contribution < 1.29 is 14.6 Å². The first kappa shape index (κ1) is 14.8. The molecule has 0 aromatic heterocycles. The van der Waals surface area contributed by atoms with Gasteiger partial charge in [0, 0.05) is 20.3 Å². The number of ether oxygens (including phenoxy) is 2. The van der Waals surface area contributed by atoms with Gasteiger partial charge in [0.05, 0.1) is 18.3 Å². The molecule has 0 bridgehead atoms. The summed E-state index contributed by atoms with van der Waals surface area (Å²) in [5.41, 5.74) is -0.146. The Morgan fingerprint density at radius 1 is 1.40 bits per heavy atom. The highest BCUT2D eigenvalue weighted by Gasteiger charge is 2.15. The van der Waals surface area contributed by atoms with Gasteiger partial charge in [0.1, 0.15) is 0 Å². The van der Waals surface area contributed by atoms with E-state index in [2.05, 4.69) is 5.32 Å². The SMILES string of the molecule is CCNCC(O)COCCC(C)(C)OC. The molecule has 4 heteroatoms. The smallest absolute Gasteiger partial charge is 0.0897 e. The molecule has 92 valence electrons. The van der Waals surface area contributed by atoms with Crippen LogP contribution < -0.4 is 5.32 Å². The van der Waals surface area contributed by atoms with Crippen molar-refractivity contribution in [1.29, 1.82) is 0 Å². The summed E-state index contributed by atoms with van der Waals surface area (Å²) in [6.07, 6.45) is 0.410. The Labute approximate surface area is 93.0 Å². The molecule has 2 N–H and O–H groups in total. The minimum Gasteiger partial charge on any atom is -0.389 e. The van der Waals surface area contributed by atoms with Gasteiger partial charge >= 0.3 is 0 Å². The Balaban J connectivity index is 3.37. The molecular weight excluding hydrogens is 194 g/mol. The first-order valence-electron chi connectivity index (χ1n) is 5.53. The van der Waals surface area contributed by atoms with Crippen LogP contribution in [0.25, 0.3) is 0 Å². The molecule has 0 fully saturated rings. The minimum absolute atomic E-state index is 0.146. The van der Waals surface area contributed by atoms with E-state index in [1.807, 2.05) is 20.8 Å². The van der Waals surface area contributed by atoms with E-state index in [1.54, 1.807) is 7.11 Å². The van der Waals surface area contributed by atoms with Crippen LogP contribution in [-0.4, -0.2) is 50.2 Å². The van der Waals surface area contributed by atoms with E-state index in [-0.39, 0.29) is 5.60 Å². The largest absolute Gasteiger partial charge is 0.389 e. The van der Waals surface area contributed by atoms with Crippen LogP contribution in [0.1, 0.15) is 27.2 Å². The van der Waals surface area contributed by atoms with Gasteiger partial charge in [-0.15, -0.1) is 0 Å². The zero-order chi connectivity index (χ0) is 11.7. The van der Waals surface area contributed by atoms with Crippen LogP contribution in [-0.2, 0) is 9.47 Å². The Hall–Kier alpha value is -0.160. The molecule has 0 amide bonds. The van der Waals surface area contributed by atoms with Crippen molar-refractivity contribution in [3.05, 3.63) is 0 Å². The lowest BCUT2D eigenvalue weighted by Gasteiger charge is -2.22.